The Balaban J connectivity index is 0.000000956. The highest BCUT2D eigenvalue weighted by atomic mass is 16.1. The van der Waals surface area contributed by atoms with Gasteiger partial charge in [-0.1, -0.05) is 52.0 Å². The lowest BCUT2D eigenvalue weighted by Crippen LogP contribution is -2.35. The van der Waals surface area contributed by atoms with Crippen molar-refractivity contribution in [2.24, 2.45) is 11.7 Å². The van der Waals surface area contributed by atoms with Crippen LogP contribution in [0.5, 0.6) is 0 Å². The van der Waals surface area contributed by atoms with Crippen molar-refractivity contribution in [2.75, 3.05) is 0 Å². The third-order valence-electron chi connectivity index (χ3n) is 3.05. The summed E-state index contributed by atoms with van der Waals surface area (Å²) < 4.78 is 0. The molecule has 0 fully saturated rings. The lowest BCUT2D eigenvalue weighted by atomic mass is 9.98. The highest BCUT2D eigenvalue weighted by Crippen LogP contribution is 2.14. The first-order valence-electron chi connectivity index (χ1n) is 7.21. The zero-order valence-corrected chi connectivity index (χ0v) is 12.8. The number of carbonyl (C=O) groups is 1. The van der Waals surface area contributed by atoms with Crippen LogP contribution in [-0.4, -0.2) is 16.8 Å². The van der Waals surface area contributed by atoms with Crippen LogP contribution in [0.4, 0.5) is 0 Å². The van der Waals surface area contributed by atoms with Crippen molar-refractivity contribution in [1.29, 1.82) is 0 Å². The number of carbonyl (C=O) groups excluding carboxylic acids is 1. The van der Waals surface area contributed by atoms with Gasteiger partial charge in [0.25, 0.3) is 0 Å². The molecule has 2 rings (SSSR count). The minimum Gasteiger partial charge on any atom is -0.321 e. The predicted molar refractivity (Wildman–Crippen MR) is 84.6 cm³/mol. The fourth-order valence-electron chi connectivity index (χ4n) is 1.99. The molecule has 0 amide bonds. The maximum Gasteiger partial charge on any atom is 0.152 e. The molecule has 0 spiro atoms. The average molecular weight is 272 g/mol. The molecule has 0 aliphatic carbocycles. The van der Waals surface area contributed by atoms with E-state index in [1.54, 1.807) is 0 Å². The fraction of sp³-hybridized carbons (Fsp3) is 0.412. The van der Waals surface area contributed by atoms with Gasteiger partial charge in [0.2, 0.25) is 0 Å². The van der Waals surface area contributed by atoms with Crippen molar-refractivity contribution in [3.8, 4) is 0 Å². The summed E-state index contributed by atoms with van der Waals surface area (Å²) in [5.41, 5.74) is 6.78. The van der Waals surface area contributed by atoms with Crippen LogP contribution >= 0.6 is 0 Å². The zero-order chi connectivity index (χ0) is 15.1. The first-order chi connectivity index (χ1) is 9.58. The molecular weight excluding hydrogens is 248 g/mol. The number of hydrogen-bond acceptors (Lipinski definition) is 3. The van der Waals surface area contributed by atoms with Gasteiger partial charge in [0, 0.05) is 29.6 Å². The van der Waals surface area contributed by atoms with E-state index in [4.69, 9.17) is 5.73 Å². The molecule has 0 saturated heterocycles. The Morgan fingerprint density at radius 1 is 1.20 bits per heavy atom. The number of fused-ring (bicyclic) bond motifs is 1. The van der Waals surface area contributed by atoms with E-state index < -0.39 is 6.04 Å². The summed E-state index contributed by atoms with van der Waals surface area (Å²) >= 11 is 0. The second-order valence-corrected chi connectivity index (χ2v) is 4.89. The lowest BCUT2D eigenvalue weighted by Gasteiger charge is -2.12. The minimum absolute atomic E-state index is 0.0274. The Labute approximate surface area is 121 Å². The molecule has 108 valence electrons. The minimum atomic E-state index is -0.460. The summed E-state index contributed by atoms with van der Waals surface area (Å²) in [6, 6.07) is 9.58. The largest absolute Gasteiger partial charge is 0.321 e. The van der Waals surface area contributed by atoms with Crippen molar-refractivity contribution in [1.82, 2.24) is 4.98 Å². The van der Waals surface area contributed by atoms with E-state index >= 15 is 0 Å². The van der Waals surface area contributed by atoms with Crippen LogP contribution in [0.15, 0.2) is 36.5 Å². The first-order valence-corrected chi connectivity index (χ1v) is 7.21. The van der Waals surface area contributed by atoms with Gasteiger partial charge in [-0.25, -0.2) is 0 Å². The number of rotatable bonds is 4. The molecule has 2 aromatic rings. The third-order valence-corrected chi connectivity index (χ3v) is 3.05. The highest BCUT2D eigenvalue weighted by molar-refractivity contribution is 5.86. The Hall–Kier alpha value is -1.74. The molecule has 0 bridgehead atoms. The van der Waals surface area contributed by atoms with E-state index in [2.05, 4.69) is 4.98 Å². The predicted octanol–water partition coefficient (Wildman–Crippen LogP) is 3.36. The molecular formula is C17H24N2O. The summed E-state index contributed by atoms with van der Waals surface area (Å²) in [6.07, 6.45) is 2.33. The molecule has 1 atom stereocenters. The van der Waals surface area contributed by atoms with Crippen LogP contribution in [0.1, 0.15) is 33.4 Å². The quantitative estimate of drug-likeness (QED) is 0.928. The van der Waals surface area contributed by atoms with Gasteiger partial charge in [-0.3, -0.25) is 9.78 Å². The fourth-order valence-corrected chi connectivity index (χ4v) is 1.99. The van der Waals surface area contributed by atoms with Crippen LogP contribution in [-0.2, 0) is 11.2 Å². The van der Waals surface area contributed by atoms with Gasteiger partial charge < -0.3 is 5.73 Å². The van der Waals surface area contributed by atoms with Crippen LogP contribution in [0, 0.1) is 5.92 Å². The summed E-state index contributed by atoms with van der Waals surface area (Å²) in [5, 5.41) is 2.23. The average Bonchev–Trinajstić information content (AvgIpc) is 2.48. The van der Waals surface area contributed by atoms with Crippen LogP contribution in [0.25, 0.3) is 10.8 Å². The van der Waals surface area contributed by atoms with Gasteiger partial charge in [-0.05, 0) is 11.5 Å². The van der Waals surface area contributed by atoms with E-state index in [0.29, 0.717) is 6.42 Å². The maximum atomic E-state index is 11.8. The number of aromatic nitrogens is 1. The van der Waals surface area contributed by atoms with Gasteiger partial charge in [-0.15, -0.1) is 0 Å². The number of hydrogen-bond donors (Lipinski definition) is 1. The second kappa shape index (κ2) is 7.75. The Morgan fingerprint density at radius 3 is 2.40 bits per heavy atom. The summed E-state index contributed by atoms with van der Waals surface area (Å²) in [5.74, 6) is 0.0606. The monoisotopic (exact) mass is 272 g/mol. The summed E-state index contributed by atoms with van der Waals surface area (Å²) in [7, 11) is 0. The van der Waals surface area contributed by atoms with Gasteiger partial charge in [0.1, 0.15) is 0 Å². The van der Waals surface area contributed by atoms with Crippen LogP contribution in [0.2, 0.25) is 0 Å². The van der Waals surface area contributed by atoms with Crippen molar-refractivity contribution < 1.29 is 4.79 Å². The molecule has 1 aromatic heterocycles. The molecule has 2 N–H and O–H groups in total. The number of pyridine rings is 1. The normalized spacial score (nSPS) is 11.9. The van der Waals surface area contributed by atoms with Crippen molar-refractivity contribution in [2.45, 2.75) is 40.2 Å². The zero-order valence-electron chi connectivity index (χ0n) is 12.8. The molecule has 20 heavy (non-hydrogen) atoms. The molecule has 3 nitrogen and oxygen atoms in total. The van der Waals surface area contributed by atoms with Crippen molar-refractivity contribution in [3.05, 3.63) is 42.2 Å². The van der Waals surface area contributed by atoms with Crippen molar-refractivity contribution in [3.63, 3.8) is 0 Å². The Morgan fingerprint density at radius 2 is 1.80 bits per heavy atom. The SMILES string of the molecule is CC.CC(C)C(=O)C(N)Cc1cc2ccccc2cn1. The van der Waals surface area contributed by atoms with Crippen molar-refractivity contribution >= 4 is 16.6 Å². The first kappa shape index (κ1) is 16.3. The number of benzene rings is 1. The number of nitrogens with zero attached hydrogens (tertiary/aromatic N) is 1. The van der Waals surface area contributed by atoms with E-state index in [0.717, 1.165) is 16.5 Å². The summed E-state index contributed by atoms with van der Waals surface area (Å²) in [6.45, 7) is 7.74. The molecule has 0 aliphatic rings. The molecule has 1 aromatic carbocycles. The number of Topliss-reactive ketones (excluding diaryl/α,β-unsaturated/α-hetero) is 1. The molecule has 1 unspecified atom stereocenters. The van der Waals surface area contributed by atoms with Crippen LogP contribution < -0.4 is 5.73 Å². The van der Waals surface area contributed by atoms with Crippen LogP contribution in [0.3, 0.4) is 0 Å². The maximum absolute atomic E-state index is 11.8. The number of ketones is 1. The van der Waals surface area contributed by atoms with E-state index in [1.807, 2.05) is 64.2 Å². The van der Waals surface area contributed by atoms with Gasteiger partial charge in [0.05, 0.1) is 6.04 Å². The second-order valence-electron chi connectivity index (χ2n) is 4.89. The lowest BCUT2D eigenvalue weighted by molar-refractivity contribution is -0.123. The van der Waals surface area contributed by atoms with E-state index in [9.17, 15) is 4.79 Å². The molecule has 0 aliphatic heterocycles. The summed E-state index contributed by atoms with van der Waals surface area (Å²) in [4.78, 5) is 16.1. The van der Waals surface area contributed by atoms with Gasteiger partial charge in [-0.2, -0.15) is 0 Å². The molecule has 0 radical (unpaired) electrons. The Kier molecular flexibility index (Phi) is 6.32. The molecule has 1 heterocycles. The number of nitrogens with two attached hydrogens (primary N) is 1. The van der Waals surface area contributed by atoms with E-state index in [1.165, 1.54) is 0 Å². The molecule has 3 heteroatoms. The highest BCUT2D eigenvalue weighted by Gasteiger charge is 2.17. The standard InChI is InChI=1S/C15H18N2O.C2H6/c1-10(2)15(18)14(16)8-13-7-11-5-3-4-6-12(11)9-17-13;1-2/h3-7,9-10,14H,8,16H2,1-2H3;1-2H3. The Bertz CT molecular complexity index is 564. The third kappa shape index (κ3) is 4.14. The smallest absolute Gasteiger partial charge is 0.152 e. The van der Waals surface area contributed by atoms with E-state index in [-0.39, 0.29) is 11.7 Å². The van der Waals surface area contributed by atoms with Gasteiger partial charge in [0.15, 0.2) is 5.78 Å². The molecule has 0 saturated carbocycles. The van der Waals surface area contributed by atoms with Gasteiger partial charge >= 0.3 is 0 Å². The topological polar surface area (TPSA) is 56.0 Å².